The summed E-state index contributed by atoms with van der Waals surface area (Å²) >= 11 is 0. The third-order valence-electron chi connectivity index (χ3n) is 2.68. The number of hydrogen-bond donors (Lipinski definition) is 0. The van der Waals surface area contributed by atoms with Gasteiger partial charge in [0.05, 0.1) is 12.2 Å². The molecule has 3 heteroatoms. The Balaban J connectivity index is 2.16. The Labute approximate surface area is 118 Å². The maximum absolute atomic E-state index is 11.7. The maximum atomic E-state index is 11.7. The number of rotatable bonds is 5. The molecule has 0 fully saturated rings. The largest absolute Gasteiger partial charge is 0.462 e. The van der Waals surface area contributed by atoms with Crippen LogP contribution in [0.25, 0.3) is 5.57 Å². The summed E-state index contributed by atoms with van der Waals surface area (Å²) < 4.78 is 10.7. The van der Waals surface area contributed by atoms with Crippen molar-refractivity contribution in [2.45, 2.75) is 6.92 Å². The molecule has 2 rings (SSSR count). The van der Waals surface area contributed by atoms with E-state index in [1.165, 1.54) is 0 Å². The van der Waals surface area contributed by atoms with Crippen molar-refractivity contribution in [1.82, 2.24) is 0 Å². The number of benzene rings is 2. The van der Waals surface area contributed by atoms with Gasteiger partial charge in [0.25, 0.3) is 0 Å². The second-order valence-electron chi connectivity index (χ2n) is 4.14. The SMILES string of the molecule is C=C(C(=O)OCC)c1cccc(Oc2ccccc2)c1. The molecule has 0 atom stereocenters. The van der Waals surface area contributed by atoms with Crippen LogP contribution in [0.4, 0.5) is 0 Å². The second kappa shape index (κ2) is 6.57. The first-order valence-corrected chi connectivity index (χ1v) is 6.40. The molecule has 0 unspecified atom stereocenters. The third-order valence-corrected chi connectivity index (χ3v) is 2.68. The minimum atomic E-state index is -0.413. The van der Waals surface area contributed by atoms with Crippen LogP contribution in [0, 0.1) is 0 Å². The van der Waals surface area contributed by atoms with Gasteiger partial charge in [-0.1, -0.05) is 36.9 Å². The summed E-state index contributed by atoms with van der Waals surface area (Å²) in [5.41, 5.74) is 1.02. The summed E-state index contributed by atoms with van der Waals surface area (Å²) in [6.45, 7) is 5.86. The summed E-state index contributed by atoms with van der Waals surface area (Å²) in [5, 5.41) is 0. The highest BCUT2D eigenvalue weighted by atomic mass is 16.5. The first-order chi connectivity index (χ1) is 9.70. The minimum Gasteiger partial charge on any atom is -0.462 e. The zero-order valence-corrected chi connectivity index (χ0v) is 11.3. The van der Waals surface area contributed by atoms with Crippen LogP contribution in [-0.2, 0) is 9.53 Å². The van der Waals surface area contributed by atoms with Gasteiger partial charge in [0.1, 0.15) is 11.5 Å². The predicted molar refractivity (Wildman–Crippen MR) is 78.6 cm³/mol. The van der Waals surface area contributed by atoms with Crippen molar-refractivity contribution in [3.8, 4) is 11.5 Å². The van der Waals surface area contributed by atoms with Crippen LogP contribution in [-0.4, -0.2) is 12.6 Å². The van der Waals surface area contributed by atoms with Gasteiger partial charge < -0.3 is 9.47 Å². The molecule has 0 aliphatic heterocycles. The Kier molecular flexibility index (Phi) is 4.56. The van der Waals surface area contributed by atoms with Gasteiger partial charge in [-0.25, -0.2) is 4.79 Å². The lowest BCUT2D eigenvalue weighted by atomic mass is 10.1. The molecular formula is C17H16O3. The van der Waals surface area contributed by atoms with Crippen molar-refractivity contribution in [3.63, 3.8) is 0 Å². The standard InChI is InChI=1S/C17H16O3/c1-3-19-17(18)13(2)14-8-7-11-16(12-14)20-15-9-5-4-6-10-15/h4-12H,2-3H2,1H3. The number of carbonyl (C=O) groups excluding carboxylic acids is 1. The normalized spacial score (nSPS) is 9.85. The molecule has 2 aromatic carbocycles. The molecule has 0 aliphatic carbocycles. The van der Waals surface area contributed by atoms with Crippen LogP contribution in [0.15, 0.2) is 61.2 Å². The zero-order valence-electron chi connectivity index (χ0n) is 11.3. The first kappa shape index (κ1) is 13.9. The van der Waals surface area contributed by atoms with Gasteiger partial charge >= 0.3 is 5.97 Å². The van der Waals surface area contributed by atoms with Gasteiger partial charge in [-0.2, -0.15) is 0 Å². The summed E-state index contributed by atoms with van der Waals surface area (Å²) in [7, 11) is 0. The summed E-state index contributed by atoms with van der Waals surface area (Å²) in [5.74, 6) is 0.981. The van der Waals surface area contributed by atoms with Gasteiger partial charge in [-0.05, 0) is 36.8 Å². The average Bonchev–Trinajstić information content (AvgIpc) is 2.48. The smallest absolute Gasteiger partial charge is 0.338 e. The molecule has 20 heavy (non-hydrogen) atoms. The Morgan fingerprint density at radius 3 is 2.45 bits per heavy atom. The van der Waals surface area contributed by atoms with Crippen LogP contribution in [0.1, 0.15) is 12.5 Å². The lowest BCUT2D eigenvalue weighted by Crippen LogP contribution is -2.05. The van der Waals surface area contributed by atoms with Crippen LogP contribution in [0.3, 0.4) is 0 Å². The van der Waals surface area contributed by atoms with E-state index in [1.54, 1.807) is 19.1 Å². The average molecular weight is 268 g/mol. The molecule has 102 valence electrons. The summed E-state index contributed by atoms with van der Waals surface area (Å²) in [4.78, 5) is 11.7. The first-order valence-electron chi connectivity index (χ1n) is 6.40. The van der Waals surface area contributed by atoms with Gasteiger partial charge in [0.2, 0.25) is 0 Å². The van der Waals surface area contributed by atoms with Crippen molar-refractivity contribution in [1.29, 1.82) is 0 Å². The topological polar surface area (TPSA) is 35.5 Å². The number of hydrogen-bond acceptors (Lipinski definition) is 3. The highest BCUT2D eigenvalue weighted by molar-refractivity contribution is 6.15. The Morgan fingerprint density at radius 1 is 1.05 bits per heavy atom. The van der Waals surface area contributed by atoms with Crippen LogP contribution in [0.5, 0.6) is 11.5 Å². The molecule has 0 amide bonds. The number of esters is 1. The third kappa shape index (κ3) is 3.48. The van der Waals surface area contributed by atoms with E-state index in [1.807, 2.05) is 42.5 Å². The molecule has 2 aromatic rings. The fraction of sp³-hybridized carbons (Fsp3) is 0.118. The zero-order chi connectivity index (χ0) is 14.4. The Bertz CT molecular complexity index is 603. The lowest BCUT2D eigenvalue weighted by molar-refractivity contribution is -0.136. The van der Waals surface area contributed by atoms with Crippen LogP contribution >= 0.6 is 0 Å². The number of para-hydroxylation sites is 1. The molecule has 0 aromatic heterocycles. The van der Waals surface area contributed by atoms with Crippen molar-refractivity contribution in [2.75, 3.05) is 6.61 Å². The second-order valence-corrected chi connectivity index (χ2v) is 4.14. The number of ether oxygens (including phenoxy) is 2. The molecular weight excluding hydrogens is 252 g/mol. The molecule has 0 aliphatic rings. The fourth-order valence-corrected chi connectivity index (χ4v) is 1.71. The summed E-state index contributed by atoms with van der Waals surface area (Å²) in [6.07, 6.45) is 0. The molecule has 0 spiro atoms. The molecule has 0 N–H and O–H groups in total. The van der Waals surface area contributed by atoms with Crippen LogP contribution in [0.2, 0.25) is 0 Å². The molecule has 0 bridgehead atoms. The van der Waals surface area contributed by atoms with E-state index in [-0.39, 0.29) is 0 Å². The van der Waals surface area contributed by atoms with Crippen molar-refractivity contribution in [3.05, 3.63) is 66.7 Å². The fourth-order valence-electron chi connectivity index (χ4n) is 1.71. The molecule has 3 nitrogen and oxygen atoms in total. The highest BCUT2D eigenvalue weighted by Gasteiger charge is 2.11. The molecule has 0 saturated heterocycles. The van der Waals surface area contributed by atoms with Crippen molar-refractivity contribution in [2.24, 2.45) is 0 Å². The van der Waals surface area contributed by atoms with E-state index in [4.69, 9.17) is 9.47 Å². The van der Waals surface area contributed by atoms with Gasteiger partial charge in [-0.15, -0.1) is 0 Å². The maximum Gasteiger partial charge on any atom is 0.338 e. The van der Waals surface area contributed by atoms with Gasteiger partial charge in [0.15, 0.2) is 0 Å². The molecule has 0 radical (unpaired) electrons. The van der Waals surface area contributed by atoms with E-state index < -0.39 is 5.97 Å². The predicted octanol–water partition coefficient (Wildman–Crippen LogP) is 4.06. The monoisotopic (exact) mass is 268 g/mol. The van der Waals surface area contributed by atoms with Crippen molar-refractivity contribution < 1.29 is 14.3 Å². The van der Waals surface area contributed by atoms with Crippen LogP contribution < -0.4 is 4.74 Å². The van der Waals surface area contributed by atoms with Gasteiger partial charge in [0, 0.05) is 0 Å². The van der Waals surface area contributed by atoms with E-state index in [2.05, 4.69) is 6.58 Å². The van der Waals surface area contributed by atoms with E-state index in [0.717, 1.165) is 5.75 Å². The summed E-state index contributed by atoms with van der Waals surface area (Å²) in [6, 6.07) is 16.7. The van der Waals surface area contributed by atoms with E-state index in [0.29, 0.717) is 23.5 Å². The number of carbonyl (C=O) groups is 1. The van der Waals surface area contributed by atoms with Crippen molar-refractivity contribution >= 4 is 11.5 Å². The lowest BCUT2D eigenvalue weighted by Gasteiger charge is -2.09. The van der Waals surface area contributed by atoms with E-state index in [9.17, 15) is 4.79 Å². The quantitative estimate of drug-likeness (QED) is 0.606. The van der Waals surface area contributed by atoms with E-state index >= 15 is 0 Å². The molecule has 0 saturated carbocycles. The Morgan fingerprint density at radius 2 is 1.75 bits per heavy atom. The highest BCUT2D eigenvalue weighted by Crippen LogP contribution is 2.24. The minimum absolute atomic E-state index is 0.324. The Hall–Kier alpha value is -2.55. The molecule has 0 heterocycles. The van der Waals surface area contributed by atoms with Gasteiger partial charge in [-0.3, -0.25) is 0 Å².